The number of esters is 2. The zero-order valence-corrected chi connectivity index (χ0v) is 19.1. The van der Waals surface area contributed by atoms with Crippen LogP contribution in [0.15, 0.2) is 46.8 Å². The van der Waals surface area contributed by atoms with Gasteiger partial charge in [0.15, 0.2) is 6.29 Å². The molecule has 0 amide bonds. The maximum Gasteiger partial charge on any atom is 0.336 e. The molecule has 2 rings (SSSR count). The molecule has 190 valence electrons. The molecule has 0 radical (unpaired) electrons. The number of aliphatic hydroxyl groups is 4. The summed E-state index contributed by atoms with van der Waals surface area (Å²) in [6.07, 6.45) is -8.02. The predicted molar refractivity (Wildman–Crippen MR) is 117 cm³/mol. The molecule has 13 heteroatoms. The van der Waals surface area contributed by atoms with E-state index in [0.29, 0.717) is 0 Å². The molecular formula is C22H26N2O11. The molecule has 0 aromatic heterocycles. The number of carbonyl (C=O) groups excluding carboxylic acids is 3. The topological polar surface area (TPSA) is 206 Å². The van der Waals surface area contributed by atoms with Gasteiger partial charge in [-0.1, -0.05) is 18.2 Å². The van der Waals surface area contributed by atoms with Gasteiger partial charge in [0, 0.05) is 23.0 Å². The summed E-state index contributed by atoms with van der Waals surface area (Å²) in [6, 6.07) is 5.50. The van der Waals surface area contributed by atoms with Gasteiger partial charge in [0.25, 0.3) is 5.69 Å². The standard InChI is InChI=1S/C22H26N2O11/c1-10-16(21(30)34-3)18(12-6-4-5-7-13(12)24(32)33)17(11(2)23-10)22(31)35-9-15(27)20(29)19(28)14(26)8-25/h4-8,14-15,18-20,23,26-29H,9H2,1-3H3/t14-,15+,18?,19+,20+/m0/s1. The summed E-state index contributed by atoms with van der Waals surface area (Å²) in [5.41, 5.74) is -0.140. The number of para-hydroxylation sites is 1. The van der Waals surface area contributed by atoms with E-state index in [-0.39, 0.29) is 40.1 Å². The van der Waals surface area contributed by atoms with Crippen LogP contribution in [0.3, 0.4) is 0 Å². The second-order valence-electron chi connectivity index (χ2n) is 7.72. The Kier molecular flexibility index (Phi) is 9.19. The van der Waals surface area contributed by atoms with Crippen molar-refractivity contribution in [2.75, 3.05) is 13.7 Å². The first-order chi connectivity index (χ1) is 16.5. The average molecular weight is 494 g/mol. The number of aldehydes is 1. The van der Waals surface area contributed by atoms with Gasteiger partial charge >= 0.3 is 11.9 Å². The normalized spacial score (nSPS) is 19.2. The maximum atomic E-state index is 13.1. The number of hydrogen-bond acceptors (Lipinski definition) is 12. The highest BCUT2D eigenvalue weighted by atomic mass is 16.6. The largest absolute Gasteiger partial charge is 0.466 e. The lowest BCUT2D eigenvalue weighted by Gasteiger charge is -2.30. The minimum absolute atomic E-state index is 0.00941. The average Bonchev–Trinajstić information content (AvgIpc) is 2.84. The zero-order chi connectivity index (χ0) is 26.4. The maximum absolute atomic E-state index is 13.1. The van der Waals surface area contributed by atoms with Crippen molar-refractivity contribution in [3.8, 4) is 0 Å². The Labute approximate surface area is 199 Å². The Balaban J connectivity index is 2.46. The fraction of sp³-hybridized carbons (Fsp3) is 0.409. The van der Waals surface area contributed by atoms with Crippen molar-refractivity contribution in [2.24, 2.45) is 0 Å². The van der Waals surface area contributed by atoms with Crippen molar-refractivity contribution in [3.63, 3.8) is 0 Å². The Morgan fingerprint density at radius 3 is 2.20 bits per heavy atom. The molecule has 5 atom stereocenters. The third kappa shape index (κ3) is 5.89. The van der Waals surface area contributed by atoms with E-state index in [1.165, 1.54) is 38.1 Å². The molecule has 0 saturated heterocycles. The molecule has 0 saturated carbocycles. The third-order valence-electron chi connectivity index (χ3n) is 5.45. The summed E-state index contributed by atoms with van der Waals surface area (Å²) < 4.78 is 9.91. The van der Waals surface area contributed by atoms with Gasteiger partial charge in [-0.3, -0.25) is 10.1 Å². The predicted octanol–water partition coefficient (Wildman–Crippen LogP) is -0.812. The number of nitrogens with one attached hydrogen (secondary N) is 1. The van der Waals surface area contributed by atoms with Gasteiger partial charge in [0.2, 0.25) is 0 Å². The number of dihydropyridines is 1. The Morgan fingerprint density at radius 1 is 1.09 bits per heavy atom. The minimum atomic E-state index is -2.05. The van der Waals surface area contributed by atoms with Gasteiger partial charge in [-0.05, 0) is 13.8 Å². The van der Waals surface area contributed by atoms with E-state index in [1.807, 2.05) is 0 Å². The van der Waals surface area contributed by atoms with Crippen LogP contribution in [0, 0.1) is 10.1 Å². The number of aliphatic hydroxyl groups excluding tert-OH is 4. The fourth-order valence-electron chi connectivity index (χ4n) is 3.70. The van der Waals surface area contributed by atoms with Crippen molar-refractivity contribution in [3.05, 3.63) is 62.5 Å². The van der Waals surface area contributed by atoms with Crippen LogP contribution < -0.4 is 5.32 Å². The van der Waals surface area contributed by atoms with E-state index in [9.17, 15) is 44.9 Å². The van der Waals surface area contributed by atoms with Crippen LogP contribution >= 0.6 is 0 Å². The first kappa shape index (κ1) is 27.6. The second kappa shape index (κ2) is 11.7. The molecule has 5 N–H and O–H groups in total. The van der Waals surface area contributed by atoms with E-state index in [1.54, 1.807) is 0 Å². The number of methoxy groups -OCH3 is 1. The van der Waals surface area contributed by atoms with E-state index in [4.69, 9.17) is 9.47 Å². The number of carbonyl (C=O) groups is 3. The van der Waals surface area contributed by atoms with Crippen molar-refractivity contribution >= 4 is 23.9 Å². The van der Waals surface area contributed by atoms with E-state index in [0.717, 1.165) is 7.11 Å². The number of nitrogens with zero attached hydrogens (tertiary/aromatic N) is 1. The van der Waals surface area contributed by atoms with Crippen molar-refractivity contribution in [1.82, 2.24) is 5.32 Å². The summed E-state index contributed by atoms with van der Waals surface area (Å²) in [7, 11) is 1.11. The molecule has 0 aliphatic carbocycles. The van der Waals surface area contributed by atoms with Gasteiger partial charge in [-0.15, -0.1) is 0 Å². The molecule has 0 bridgehead atoms. The quantitative estimate of drug-likeness (QED) is 0.117. The van der Waals surface area contributed by atoms with Crippen molar-refractivity contribution < 1.29 is 49.2 Å². The first-order valence-corrected chi connectivity index (χ1v) is 10.3. The molecule has 1 aromatic carbocycles. The molecule has 13 nitrogen and oxygen atoms in total. The highest BCUT2D eigenvalue weighted by molar-refractivity contribution is 6.00. The van der Waals surface area contributed by atoms with E-state index in [2.05, 4.69) is 5.32 Å². The number of benzene rings is 1. The van der Waals surface area contributed by atoms with Crippen LogP contribution in [-0.2, 0) is 23.9 Å². The number of allylic oxidation sites excluding steroid dienone is 2. The molecular weight excluding hydrogens is 468 g/mol. The zero-order valence-electron chi connectivity index (χ0n) is 19.1. The SMILES string of the molecule is COC(=O)C1=C(C)NC(C)=C(C(=O)OC[C@@H](O)[C@@H](O)[C@H](O)[C@@H](O)C=O)C1c1ccccc1[N+](=O)[O-]. The van der Waals surface area contributed by atoms with Crippen LogP contribution in [-0.4, -0.2) is 81.7 Å². The minimum Gasteiger partial charge on any atom is -0.466 e. The molecule has 1 heterocycles. The van der Waals surface area contributed by atoms with Gasteiger partial charge in [0.1, 0.15) is 31.0 Å². The lowest BCUT2D eigenvalue weighted by molar-refractivity contribution is -0.385. The molecule has 0 spiro atoms. The molecule has 1 unspecified atom stereocenters. The monoisotopic (exact) mass is 494 g/mol. The van der Waals surface area contributed by atoms with E-state index >= 15 is 0 Å². The second-order valence-corrected chi connectivity index (χ2v) is 7.72. The molecule has 35 heavy (non-hydrogen) atoms. The highest BCUT2D eigenvalue weighted by Crippen LogP contribution is 2.42. The lowest BCUT2D eigenvalue weighted by Crippen LogP contribution is -2.47. The number of nitro benzene ring substituents is 1. The van der Waals surface area contributed by atoms with Gasteiger partial charge < -0.3 is 40.0 Å². The van der Waals surface area contributed by atoms with Crippen molar-refractivity contribution in [2.45, 2.75) is 44.2 Å². The molecule has 1 aromatic rings. The molecule has 0 fully saturated rings. The van der Waals surface area contributed by atoms with Crippen LogP contribution in [0.5, 0.6) is 0 Å². The highest BCUT2D eigenvalue weighted by Gasteiger charge is 2.41. The Hall–Kier alpha value is -3.65. The van der Waals surface area contributed by atoms with Crippen molar-refractivity contribution in [1.29, 1.82) is 0 Å². The number of ether oxygens (including phenoxy) is 2. The molecule has 1 aliphatic heterocycles. The van der Waals surface area contributed by atoms with E-state index < -0.39 is 53.8 Å². The summed E-state index contributed by atoms with van der Waals surface area (Å²) in [5.74, 6) is -3.22. The third-order valence-corrected chi connectivity index (χ3v) is 5.45. The number of rotatable bonds is 10. The van der Waals surface area contributed by atoms with Crippen LogP contribution in [0.2, 0.25) is 0 Å². The number of hydrogen-bond donors (Lipinski definition) is 5. The molecule has 1 aliphatic rings. The van der Waals surface area contributed by atoms with Gasteiger partial charge in [-0.2, -0.15) is 0 Å². The summed E-state index contributed by atoms with van der Waals surface area (Å²) in [5, 5.41) is 53.4. The van der Waals surface area contributed by atoms with Crippen LogP contribution in [0.4, 0.5) is 5.69 Å². The summed E-state index contributed by atoms with van der Waals surface area (Å²) in [6.45, 7) is 2.13. The Morgan fingerprint density at radius 2 is 1.66 bits per heavy atom. The smallest absolute Gasteiger partial charge is 0.336 e. The number of nitro groups is 1. The van der Waals surface area contributed by atoms with Gasteiger partial charge in [0.05, 0.1) is 29.1 Å². The summed E-state index contributed by atoms with van der Waals surface area (Å²) in [4.78, 5) is 47.3. The fourth-order valence-corrected chi connectivity index (χ4v) is 3.70. The lowest BCUT2D eigenvalue weighted by atomic mass is 9.79. The van der Waals surface area contributed by atoms with Gasteiger partial charge in [-0.25, -0.2) is 9.59 Å². The van der Waals surface area contributed by atoms with Crippen LogP contribution in [0.1, 0.15) is 25.3 Å². The Bertz CT molecular complexity index is 1070. The van der Waals surface area contributed by atoms with Crippen LogP contribution in [0.25, 0.3) is 0 Å². The summed E-state index contributed by atoms with van der Waals surface area (Å²) >= 11 is 0. The first-order valence-electron chi connectivity index (χ1n) is 10.3.